The van der Waals surface area contributed by atoms with Crippen LogP contribution in [0.1, 0.15) is 45.0 Å². The summed E-state index contributed by atoms with van der Waals surface area (Å²) in [6.07, 6.45) is 0.745. The molecule has 0 aliphatic carbocycles. The first-order valence-corrected chi connectivity index (χ1v) is 14.4. The topological polar surface area (TPSA) is 29.5 Å². The molecular weight excluding hydrogens is 549 g/mol. The van der Waals surface area contributed by atoms with Crippen molar-refractivity contribution in [3.8, 4) is 5.75 Å². The number of hydrogen-bond donors (Lipinski definition) is 0. The van der Waals surface area contributed by atoms with E-state index in [1.165, 1.54) is 11.1 Å². The monoisotopic (exact) mass is 579 g/mol. The van der Waals surface area contributed by atoms with E-state index in [0.717, 1.165) is 23.3 Å². The average molecular weight is 581 g/mol. The normalized spacial score (nSPS) is 10.9. The van der Waals surface area contributed by atoms with E-state index in [0.29, 0.717) is 35.3 Å². The van der Waals surface area contributed by atoms with Crippen molar-refractivity contribution in [2.75, 3.05) is 6.54 Å². The summed E-state index contributed by atoms with van der Waals surface area (Å²) in [5.41, 5.74) is 4.94. The third kappa shape index (κ3) is 7.79. The van der Waals surface area contributed by atoms with Crippen molar-refractivity contribution >= 4 is 29.1 Å². The van der Waals surface area contributed by atoms with Gasteiger partial charge in [0.2, 0.25) is 0 Å². The maximum Gasteiger partial charge on any atom is 0.255 e. The summed E-state index contributed by atoms with van der Waals surface area (Å²) < 4.78 is 6.07. The zero-order chi connectivity index (χ0) is 28.4. The molecule has 5 aromatic carbocycles. The van der Waals surface area contributed by atoms with E-state index in [-0.39, 0.29) is 11.8 Å². The second-order valence-corrected chi connectivity index (χ2v) is 10.8. The van der Waals surface area contributed by atoms with Gasteiger partial charge in [-0.2, -0.15) is 0 Å². The molecule has 0 aliphatic rings. The van der Waals surface area contributed by atoms with Gasteiger partial charge in [-0.1, -0.05) is 126 Å². The summed E-state index contributed by atoms with van der Waals surface area (Å²) in [5.74, 6) is 0.755. The Morgan fingerprint density at radius 3 is 1.93 bits per heavy atom. The van der Waals surface area contributed by atoms with Gasteiger partial charge < -0.3 is 9.64 Å². The molecule has 0 atom stereocenters. The highest BCUT2D eigenvalue weighted by molar-refractivity contribution is 6.36. The van der Waals surface area contributed by atoms with Crippen molar-refractivity contribution in [3.63, 3.8) is 0 Å². The molecule has 5 rings (SSSR count). The van der Waals surface area contributed by atoms with Crippen LogP contribution in [0, 0.1) is 0 Å². The van der Waals surface area contributed by atoms with E-state index in [1.54, 1.807) is 18.2 Å². The number of nitrogens with zero attached hydrogens (tertiary/aromatic N) is 1. The number of carbonyl (C=O) groups is 1. The van der Waals surface area contributed by atoms with Gasteiger partial charge in [-0.15, -0.1) is 0 Å². The SMILES string of the molecule is O=C(c1ccc(Cl)cc1Cl)N(CCC(c1ccccc1)c1ccccc1)Cc1cccc(OCc2ccccc2)c1. The molecule has 0 aromatic heterocycles. The second kappa shape index (κ2) is 14.0. The maximum atomic E-state index is 13.9. The predicted molar refractivity (Wildman–Crippen MR) is 168 cm³/mol. The summed E-state index contributed by atoms with van der Waals surface area (Å²) in [7, 11) is 0. The minimum absolute atomic E-state index is 0.133. The molecule has 0 aliphatic heterocycles. The fourth-order valence-corrected chi connectivity index (χ4v) is 5.45. The Morgan fingerprint density at radius 1 is 0.683 bits per heavy atom. The van der Waals surface area contributed by atoms with E-state index in [9.17, 15) is 4.79 Å². The first-order chi connectivity index (χ1) is 20.1. The van der Waals surface area contributed by atoms with Gasteiger partial charge >= 0.3 is 0 Å². The van der Waals surface area contributed by atoms with Crippen molar-refractivity contribution in [3.05, 3.63) is 171 Å². The third-order valence-corrected chi connectivity index (χ3v) is 7.61. The number of benzene rings is 5. The van der Waals surface area contributed by atoms with Crippen LogP contribution in [0.3, 0.4) is 0 Å². The largest absolute Gasteiger partial charge is 0.489 e. The molecule has 5 aromatic rings. The van der Waals surface area contributed by atoms with Crippen LogP contribution >= 0.6 is 23.2 Å². The standard InChI is InChI=1S/C36H31Cl2NO2/c37-31-19-20-34(35(38)24-31)36(40)39(22-21-33(29-14-6-2-7-15-29)30-16-8-3-9-17-30)25-28-13-10-18-32(23-28)41-26-27-11-4-1-5-12-27/h1-20,23-24,33H,21-22,25-26H2. The summed E-state index contributed by atoms with van der Waals surface area (Å²) in [6, 6.07) is 43.9. The fourth-order valence-electron chi connectivity index (χ4n) is 4.96. The lowest BCUT2D eigenvalue weighted by Crippen LogP contribution is -2.32. The lowest BCUT2D eigenvalue weighted by molar-refractivity contribution is 0.0739. The molecule has 5 heteroatoms. The third-order valence-electron chi connectivity index (χ3n) is 7.06. The van der Waals surface area contributed by atoms with Crippen LogP contribution in [0.2, 0.25) is 10.0 Å². The van der Waals surface area contributed by atoms with Crippen molar-refractivity contribution in [2.45, 2.75) is 25.5 Å². The van der Waals surface area contributed by atoms with Crippen LogP contribution in [0.15, 0.2) is 133 Å². The van der Waals surface area contributed by atoms with Gasteiger partial charge in [-0.05, 0) is 59.0 Å². The number of ether oxygens (including phenoxy) is 1. The van der Waals surface area contributed by atoms with Crippen molar-refractivity contribution < 1.29 is 9.53 Å². The Labute approximate surface area is 251 Å². The average Bonchev–Trinajstić information content (AvgIpc) is 3.01. The first kappa shape index (κ1) is 28.5. The lowest BCUT2D eigenvalue weighted by Gasteiger charge is -2.27. The first-order valence-electron chi connectivity index (χ1n) is 13.7. The molecular formula is C36H31Cl2NO2. The zero-order valence-electron chi connectivity index (χ0n) is 22.6. The zero-order valence-corrected chi connectivity index (χ0v) is 24.1. The highest BCUT2D eigenvalue weighted by Crippen LogP contribution is 2.30. The fraction of sp³-hybridized carbons (Fsp3) is 0.139. The molecule has 0 unspecified atom stereocenters. The minimum atomic E-state index is -0.137. The van der Waals surface area contributed by atoms with E-state index in [1.807, 2.05) is 71.6 Å². The molecule has 3 nitrogen and oxygen atoms in total. The molecule has 0 heterocycles. The van der Waals surface area contributed by atoms with Crippen molar-refractivity contribution in [1.82, 2.24) is 4.90 Å². The summed E-state index contributed by atoms with van der Waals surface area (Å²) in [5, 5.41) is 0.838. The van der Waals surface area contributed by atoms with Crippen molar-refractivity contribution in [2.24, 2.45) is 0 Å². The van der Waals surface area contributed by atoms with Crippen LogP contribution in [0.5, 0.6) is 5.75 Å². The molecule has 1 amide bonds. The predicted octanol–water partition coefficient (Wildman–Crippen LogP) is 9.44. The Hall–Kier alpha value is -4.05. The number of carbonyl (C=O) groups excluding carboxylic acids is 1. The minimum Gasteiger partial charge on any atom is -0.489 e. The van der Waals surface area contributed by atoms with Crippen LogP contribution in [0.25, 0.3) is 0 Å². The van der Waals surface area contributed by atoms with Crippen LogP contribution in [-0.4, -0.2) is 17.4 Å². The van der Waals surface area contributed by atoms with Crippen LogP contribution < -0.4 is 4.74 Å². The van der Waals surface area contributed by atoms with E-state index in [2.05, 4.69) is 48.5 Å². The lowest BCUT2D eigenvalue weighted by atomic mass is 9.88. The molecule has 41 heavy (non-hydrogen) atoms. The quantitative estimate of drug-likeness (QED) is 0.156. The maximum absolute atomic E-state index is 13.9. The van der Waals surface area contributed by atoms with Gasteiger partial charge in [0, 0.05) is 24.0 Å². The van der Waals surface area contributed by atoms with Gasteiger partial charge in [-0.25, -0.2) is 0 Å². The van der Waals surface area contributed by atoms with Crippen LogP contribution in [0.4, 0.5) is 0 Å². The number of rotatable bonds is 11. The van der Waals surface area contributed by atoms with E-state index in [4.69, 9.17) is 27.9 Å². The second-order valence-electron chi connectivity index (χ2n) is 9.94. The highest BCUT2D eigenvalue weighted by Gasteiger charge is 2.22. The van der Waals surface area contributed by atoms with Crippen LogP contribution in [-0.2, 0) is 13.2 Å². The molecule has 0 saturated heterocycles. The molecule has 0 N–H and O–H groups in total. The van der Waals surface area contributed by atoms with E-state index >= 15 is 0 Å². The Bertz CT molecular complexity index is 1520. The summed E-state index contributed by atoms with van der Waals surface area (Å²) in [4.78, 5) is 15.8. The molecule has 0 fully saturated rings. The molecule has 0 radical (unpaired) electrons. The number of hydrogen-bond acceptors (Lipinski definition) is 2. The molecule has 0 saturated carbocycles. The van der Waals surface area contributed by atoms with Gasteiger partial charge in [0.15, 0.2) is 0 Å². The molecule has 0 spiro atoms. The van der Waals surface area contributed by atoms with E-state index < -0.39 is 0 Å². The van der Waals surface area contributed by atoms with Gasteiger partial charge in [0.1, 0.15) is 12.4 Å². The van der Waals surface area contributed by atoms with Gasteiger partial charge in [0.25, 0.3) is 5.91 Å². The highest BCUT2D eigenvalue weighted by atomic mass is 35.5. The smallest absolute Gasteiger partial charge is 0.255 e. The summed E-state index contributed by atoms with van der Waals surface area (Å²) in [6.45, 7) is 1.42. The van der Waals surface area contributed by atoms with Gasteiger partial charge in [0.05, 0.1) is 10.6 Å². The Morgan fingerprint density at radius 2 is 1.29 bits per heavy atom. The number of halogens is 2. The summed E-state index contributed by atoms with van der Waals surface area (Å²) >= 11 is 12.6. The molecule has 0 bridgehead atoms. The van der Waals surface area contributed by atoms with Gasteiger partial charge in [-0.3, -0.25) is 4.79 Å². The van der Waals surface area contributed by atoms with Crippen molar-refractivity contribution in [1.29, 1.82) is 0 Å². The Balaban J connectivity index is 1.40. The molecule has 206 valence electrons. The Kier molecular flexibility index (Phi) is 9.74. The number of amides is 1.